The average molecular weight is 490 g/mol. The highest BCUT2D eigenvalue weighted by atomic mass is 32.2. The number of hydrogen-bond acceptors (Lipinski definition) is 5. The molecule has 1 amide bonds. The first kappa shape index (κ1) is 25.1. The molecule has 1 aromatic heterocycles. The van der Waals surface area contributed by atoms with Crippen LogP contribution >= 0.6 is 11.3 Å². The molecule has 1 heterocycles. The van der Waals surface area contributed by atoms with Gasteiger partial charge in [-0.25, -0.2) is 8.42 Å². The van der Waals surface area contributed by atoms with Crippen molar-refractivity contribution in [3.8, 4) is 5.75 Å². The Morgan fingerprint density at radius 2 is 1.70 bits per heavy atom. The van der Waals surface area contributed by atoms with Crippen molar-refractivity contribution in [2.45, 2.75) is 44.4 Å². The number of ether oxygens (including phenoxy) is 1. The van der Waals surface area contributed by atoms with Gasteiger partial charge in [-0.3, -0.25) is 4.79 Å². The number of amides is 1. The minimum absolute atomic E-state index is 0.198. The Hall–Kier alpha value is -2.49. The summed E-state index contributed by atoms with van der Waals surface area (Å²) in [5.74, 6) is 0.291. The highest BCUT2D eigenvalue weighted by Gasteiger charge is 2.23. The molecule has 3 aromatic rings. The van der Waals surface area contributed by atoms with Crippen molar-refractivity contribution in [1.82, 2.24) is 8.87 Å². The predicted molar refractivity (Wildman–Crippen MR) is 132 cm³/mol. The SMILES string of the molecule is CCCCN(CCCC)S(=O)(=O)c1ccc(C(=O)N=c2sc3cccc(OC)c3n2C)cc1. The van der Waals surface area contributed by atoms with Crippen molar-refractivity contribution in [2.24, 2.45) is 12.0 Å². The number of thiazole rings is 1. The van der Waals surface area contributed by atoms with Gasteiger partial charge in [-0.1, -0.05) is 44.1 Å². The molecule has 0 aliphatic carbocycles. The first-order chi connectivity index (χ1) is 15.8. The number of aromatic nitrogens is 1. The van der Waals surface area contributed by atoms with Crippen molar-refractivity contribution < 1.29 is 17.9 Å². The Morgan fingerprint density at radius 1 is 1.06 bits per heavy atom. The van der Waals surface area contributed by atoms with Gasteiger partial charge < -0.3 is 9.30 Å². The summed E-state index contributed by atoms with van der Waals surface area (Å²) in [6, 6.07) is 11.8. The standard InChI is InChI=1S/C24H31N3O4S2/c1-5-7-16-27(17-8-6-2)33(29,30)19-14-12-18(13-15-19)23(28)25-24-26(3)22-20(31-4)10-9-11-21(22)32-24/h9-15H,5-8,16-17H2,1-4H3. The van der Waals surface area contributed by atoms with Crippen LogP contribution in [-0.4, -0.2) is 43.4 Å². The zero-order chi connectivity index (χ0) is 24.0. The Labute approximate surface area is 199 Å². The first-order valence-electron chi connectivity index (χ1n) is 11.1. The zero-order valence-electron chi connectivity index (χ0n) is 19.6. The molecule has 0 spiro atoms. The predicted octanol–water partition coefficient (Wildman–Crippen LogP) is 4.58. The molecule has 3 rings (SSSR count). The molecule has 0 aliphatic heterocycles. The normalized spacial score (nSPS) is 12.6. The van der Waals surface area contributed by atoms with Gasteiger partial charge in [0.1, 0.15) is 11.3 Å². The van der Waals surface area contributed by atoms with Crippen LogP contribution in [0.5, 0.6) is 5.75 Å². The van der Waals surface area contributed by atoms with E-state index in [1.165, 1.54) is 35.6 Å². The van der Waals surface area contributed by atoms with E-state index in [-0.39, 0.29) is 4.90 Å². The third-order valence-electron chi connectivity index (χ3n) is 5.46. The van der Waals surface area contributed by atoms with Gasteiger partial charge in [0.05, 0.1) is 16.7 Å². The van der Waals surface area contributed by atoms with Crippen LogP contribution in [0.3, 0.4) is 0 Å². The van der Waals surface area contributed by atoms with Gasteiger partial charge in [-0.2, -0.15) is 9.30 Å². The van der Waals surface area contributed by atoms with E-state index in [0.29, 0.717) is 29.2 Å². The number of sulfonamides is 1. The topological polar surface area (TPSA) is 81.0 Å². The number of methoxy groups -OCH3 is 1. The average Bonchev–Trinajstić information content (AvgIpc) is 3.14. The van der Waals surface area contributed by atoms with E-state index >= 15 is 0 Å². The smallest absolute Gasteiger partial charge is 0.279 e. The second-order valence-electron chi connectivity index (χ2n) is 7.80. The number of rotatable bonds is 10. The summed E-state index contributed by atoms with van der Waals surface area (Å²) in [5.41, 5.74) is 1.21. The van der Waals surface area contributed by atoms with Gasteiger partial charge in [-0.05, 0) is 49.2 Å². The van der Waals surface area contributed by atoms with Crippen molar-refractivity contribution in [1.29, 1.82) is 0 Å². The molecule has 7 nitrogen and oxygen atoms in total. The summed E-state index contributed by atoms with van der Waals surface area (Å²) < 4.78 is 36.0. The maximum Gasteiger partial charge on any atom is 0.279 e. The molecule has 0 bridgehead atoms. The number of aryl methyl sites for hydroxylation is 1. The fourth-order valence-corrected chi connectivity index (χ4v) is 6.08. The maximum absolute atomic E-state index is 13.1. The van der Waals surface area contributed by atoms with Gasteiger partial charge in [0.2, 0.25) is 10.0 Å². The summed E-state index contributed by atoms with van der Waals surface area (Å²) >= 11 is 1.40. The molecule has 0 radical (unpaired) electrons. The molecule has 0 unspecified atom stereocenters. The van der Waals surface area contributed by atoms with E-state index in [0.717, 1.165) is 35.9 Å². The van der Waals surface area contributed by atoms with E-state index in [1.54, 1.807) is 11.4 Å². The molecule has 0 saturated heterocycles. The van der Waals surface area contributed by atoms with Gasteiger partial charge in [-0.15, -0.1) is 0 Å². The molecule has 178 valence electrons. The molecule has 0 saturated carbocycles. The second-order valence-corrected chi connectivity index (χ2v) is 10.8. The molecule has 0 atom stereocenters. The monoisotopic (exact) mass is 489 g/mol. The van der Waals surface area contributed by atoms with E-state index in [4.69, 9.17) is 4.74 Å². The number of benzene rings is 2. The Balaban J connectivity index is 1.88. The van der Waals surface area contributed by atoms with E-state index < -0.39 is 15.9 Å². The number of unbranched alkanes of at least 4 members (excludes halogenated alkanes) is 2. The number of fused-ring (bicyclic) bond motifs is 1. The highest BCUT2D eigenvalue weighted by molar-refractivity contribution is 7.89. The first-order valence-corrected chi connectivity index (χ1v) is 13.4. The fourth-order valence-electron chi connectivity index (χ4n) is 3.53. The van der Waals surface area contributed by atoms with Gasteiger partial charge in [0.15, 0.2) is 4.80 Å². The summed E-state index contributed by atoms with van der Waals surface area (Å²) in [4.78, 5) is 17.8. The molecule has 0 N–H and O–H groups in total. The van der Waals surface area contributed by atoms with Crippen LogP contribution in [0.25, 0.3) is 10.2 Å². The summed E-state index contributed by atoms with van der Waals surface area (Å²) in [6.07, 6.45) is 3.48. The van der Waals surface area contributed by atoms with Crippen LogP contribution in [0.1, 0.15) is 49.9 Å². The van der Waals surface area contributed by atoms with Crippen LogP contribution in [0, 0.1) is 0 Å². The molecule has 0 aliphatic rings. The lowest BCUT2D eigenvalue weighted by atomic mass is 10.2. The Morgan fingerprint density at radius 3 is 2.27 bits per heavy atom. The lowest BCUT2D eigenvalue weighted by Crippen LogP contribution is -2.33. The number of hydrogen-bond donors (Lipinski definition) is 0. The highest BCUT2D eigenvalue weighted by Crippen LogP contribution is 2.26. The van der Waals surface area contributed by atoms with Crippen LogP contribution in [0.4, 0.5) is 0 Å². The number of carbonyl (C=O) groups excluding carboxylic acids is 1. The van der Waals surface area contributed by atoms with Crippen LogP contribution in [-0.2, 0) is 17.1 Å². The van der Waals surface area contributed by atoms with Gasteiger partial charge >= 0.3 is 0 Å². The molecule has 9 heteroatoms. The largest absolute Gasteiger partial charge is 0.495 e. The van der Waals surface area contributed by atoms with Crippen LogP contribution in [0.2, 0.25) is 0 Å². The molecule has 2 aromatic carbocycles. The molecular formula is C24H31N3O4S2. The molecular weight excluding hydrogens is 458 g/mol. The summed E-state index contributed by atoms with van der Waals surface area (Å²) in [5, 5.41) is 0. The molecule has 33 heavy (non-hydrogen) atoms. The third kappa shape index (κ3) is 5.54. The Kier molecular flexibility index (Phi) is 8.45. The van der Waals surface area contributed by atoms with Gasteiger partial charge in [0.25, 0.3) is 5.91 Å². The molecule has 0 fully saturated rings. The minimum atomic E-state index is -3.60. The zero-order valence-corrected chi connectivity index (χ0v) is 21.2. The second kappa shape index (κ2) is 11.1. The number of carbonyl (C=O) groups is 1. The van der Waals surface area contributed by atoms with Gasteiger partial charge in [0, 0.05) is 25.7 Å². The summed E-state index contributed by atoms with van der Waals surface area (Å²) in [7, 11) is -0.159. The lowest BCUT2D eigenvalue weighted by Gasteiger charge is -2.22. The third-order valence-corrected chi connectivity index (χ3v) is 8.47. The minimum Gasteiger partial charge on any atom is -0.495 e. The van der Waals surface area contributed by atoms with Crippen molar-refractivity contribution in [2.75, 3.05) is 20.2 Å². The van der Waals surface area contributed by atoms with E-state index in [1.807, 2.05) is 43.7 Å². The van der Waals surface area contributed by atoms with Crippen molar-refractivity contribution >= 4 is 37.5 Å². The maximum atomic E-state index is 13.1. The fraction of sp³-hybridized carbons (Fsp3) is 0.417. The van der Waals surface area contributed by atoms with Crippen molar-refractivity contribution in [3.63, 3.8) is 0 Å². The van der Waals surface area contributed by atoms with Crippen molar-refractivity contribution in [3.05, 3.63) is 52.8 Å². The number of para-hydroxylation sites is 1. The quantitative estimate of drug-likeness (QED) is 0.417. The van der Waals surface area contributed by atoms with E-state index in [9.17, 15) is 13.2 Å². The van der Waals surface area contributed by atoms with Crippen LogP contribution < -0.4 is 9.54 Å². The van der Waals surface area contributed by atoms with Crippen LogP contribution in [0.15, 0.2) is 52.4 Å². The summed E-state index contributed by atoms with van der Waals surface area (Å²) in [6.45, 7) is 5.09. The number of nitrogens with zero attached hydrogens (tertiary/aromatic N) is 3. The lowest BCUT2D eigenvalue weighted by molar-refractivity contribution is 0.0998. The Bertz CT molecular complexity index is 1270. The van der Waals surface area contributed by atoms with E-state index in [2.05, 4.69) is 4.99 Å².